The zero-order valence-electron chi connectivity index (χ0n) is 9.69. The minimum Gasteiger partial charge on any atom is -0.348 e. The summed E-state index contributed by atoms with van der Waals surface area (Å²) in [6, 6.07) is 4.90. The Bertz CT molecular complexity index is 373. The second kappa shape index (κ2) is 3.94. The highest BCUT2D eigenvalue weighted by molar-refractivity contribution is 5.72. The molecule has 2 aliphatic rings. The summed E-state index contributed by atoms with van der Waals surface area (Å²) in [5.41, 5.74) is 1.30. The van der Waals surface area contributed by atoms with Gasteiger partial charge in [-0.1, -0.05) is 0 Å². The lowest BCUT2D eigenvalue weighted by Gasteiger charge is -2.33. The number of pyridine rings is 1. The maximum absolute atomic E-state index is 4.45. The van der Waals surface area contributed by atoms with Crippen molar-refractivity contribution in [2.75, 3.05) is 36.6 Å². The summed E-state index contributed by atoms with van der Waals surface area (Å²) in [6.45, 7) is 3.26. The van der Waals surface area contributed by atoms with Gasteiger partial charge >= 0.3 is 0 Å². The van der Waals surface area contributed by atoms with Gasteiger partial charge in [0.15, 0.2) is 5.82 Å². The fraction of sp³-hybridized carbons (Fsp3) is 0.583. The van der Waals surface area contributed by atoms with Crippen molar-refractivity contribution < 1.29 is 0 Å². The zero-order chi connectivity index (χ0) is 11.0. The van der Waals surface area contributed by atoms with E-state index < -0.39 is 0 Å². The van der Waals surface area contributed by atoms with E-state index in [-0.39, 0.29) is 0 Å². The van der Waals surface area contributed by atoms with Gasteiger partial charge in [0, 0.05) is 19.3 Å². The number of aromatic nitrogens is 1. The van der Waals surface area contributed by atoms with E-state index in [1.54, 1.807) is 0 Å². The Kier molecular flexibility index (Phi) is 2.44. The Morgan fingerprint density at radius 1 is 1.38 bits per heavy atom. The number of anilines is 2. The summed E-state index contributed by atoms with van der Waals surface area (Å²) in [5, 5.41) is 3.42. The number of nitrogens with one attached hydrogen (secondary N) is 1. The van der Waals surface area contributed by atoms with Gasteiger partial charge in [-0.3, -0.25) is 0 Å². The zero-order valence-corrected chi connectivity index (χ0v) is 9.69. The monoisotopic (exact) mass is 218 g/mol. The topological polar surface area (TPSA) is 31.4 Å². The third kappa shape index (κ3) is 1.53. The number of nitrogens with zero attached hydrogens (tertiary/aromatic N) is 3. The van der Waals surface area contributed by atoms with Crippen LogP contribution in [-0.4, -0.2) is 37.8 Å². The molecule has 0 radical (unpaired) electrons. The molecule has 1 aromatic rings. The van der Waals surface area contributed by atoms with Gasteiger partial charge in [-0.15, -0.1) is 0 Å². The van der Waals surface area contributed by atoms with E-state index in [0.717, 1.165) is 25.6 Å². The first-order valence-electron chi connectivity index (χ1n) is 6.00. The van der Waals surface area contributed by atoms with Crippen molar-refractivity contribution in [2.45, 2.75) is 18.9 Å². The number of piperidine rings is 1. The molecule has 4 heteroatoms. The molecule has 4 nitrogen and oxygen atoms in total. The molecule has 2 aliphatic heterocycles. The van der Waals surface area contributed by atoms with Crippen LogP contribution in [0.4, 0.5) is 11.5 Å². The molecule has 1 saturated heterocycles. The lowest BCUT2D eigenvalue weighted by Crippen LogP contribution is -2.44. The van der Waals surface area contributed by atoms with Crippen molar-refractivity contribution in [2.24, 2.45) is 0 Å². The van der Waals surface area contributed by atoms with Crippen molar-refractivity contribution in [1.29, 1.82) is 0 Å². The SMILES string of the molecule is CN1CN(C2CCNCC2)c2cccnc21. The molecule has 0 atom stereocenters. The lowest BCUT2D eigenvalue weighted by atomic mass is 10.1. The highest BCUT2D eigenvalue weighted by Crippen LogP contribution is 2.35. The van der Waals surface area contributed by atoms with Crippen LogP contribution in [-0.2, 0) is 0 Å². The van der Waals surface area contributed by atoms with Gasteiger partial charge in [-0.2, -0.15) is 0 Å². The third-order valence-electron chi connectivity index (χ3n) is 3.55. The third-order valence-corrected chi connectivity index (χ3v) is 3.55. The molecular weight excluding hydrogens is 200 g/mol. The molecule has 3 rings (SSSR count). The van der Waals surface area contributed by atoms with E-state index in [1.807, 2.05) is 12.3 Å². The molecule has 0 amide bonds. The molecule has 16 heavy (non-hydrogen) atoms. The number of hydrogen-bond donors (Lipinski definition) is 1. The molecule has 1 N–H and O–H groups in total. The molecule has 0 spiro atoms. The van der Waals surface area contributed by atoms with Gasteiger partial charge in [0.05, 0.1) is 12.4 Å². The predicted molar refractivity (Wildman–Crippen MR) is 65.9 cm³/mol. The molecular formula is C12H18N4. The van der Waals surface area contributed by atoms with Crippen molar-refractivity contribution in [3.63, 3.8) is 0 Å². The molecule has 86 valence electrons. The Balaban J connectivity index is 1.87. The molecule has 0 bridgehead atoms. The van der Waals surface area contributed by atoms with Crippen LogP contribution < -0.4 is 15.1 Å². The van der Waals surface area contributed by atoms with Crippen LogP contribution in [0.5, 0.6) is 0 Å². The Morgan fingerprint density at radius 3 is 3.00 bits per heavy atom. The average Bonchev–Trinajstić information content (AvgIpc) is 2.69. The lowest BCUT2D eigenvalue weighted by molar-refractivity contribution is 0.435. The van der Waals surface area contributed by atoms with Crippen LogP contribution in [0.1, 0.15) is 12.8 Å². The van der Waals surface area contributed by atoms with E-state index in [1.165, 1.54) is 18.5 Å². The molecule has 0 aromatic carbocycles. The van der Waals surface area contributed by atoms with Crippen LogP contribution in [0.15, 0.2) is 18.3 Å². The van der Waals surface area contributed by atoms with E-state index in [4.69, 9.17) is 0 Å². The minimum absolute atomic E-state index is 0.675. The van der Waals surface area contributed by atoms with Gasteiger partial charge in [-0.05, 0) is 38.1 Å². The van der Waals surface area contributed by atoms with Crippen molar-refractivity contribution in [1.82, 2.24) is 10.3 Å². The first-order valence-corrected chi connectivity index (χ1v) is 6.00. The first-order chi connectivity index (χ1) is 7.86. The van der Waals surface area contributed by atoms with Crippen LogP contribution in [0, 0.1) is 0 Å². The largest absolute Gasteiger partial charge is 0.348 e. The molecule has 0 saturated carbocycles. The second-order valence-electron chi connectivity index (χ2n) is 4.64. The van der Waals surface area contributed by atoms with Crippen LogP contribution in [0.3, 0.4) is 0 Å². The summed E-state index contributed by atoms with van der Waals surface area (Å²) in [5.74, 6) is 1.13. The molecule has 3 heterocycles. The van der Waals surface area contributed by atoms with Crippen molar-refractivity contribution >= 4 is 11.5 Å². The maximum atomic E-state index is 4.45. The van der Waals surface area contributed by atoms with Gasteiger partial charge in [-0.25, -0.2) is 4.98 Å². The fourth-order valence-corrected chi connectivity index (χ4v) is 2.71. The molecule has 1 aromatic heterocycles. The van der Waals surface area contributed by atoms with E-state index in [2.05, 4.69) is 33.2 Å². The van der Waals surface area contributed by atoms with E-state index in [9.17, 15) is 0 Å². The van der Waals surface area contributed by atoms with Crippen LogP contribution in [0.2, 0.25) is 0 Å². The van der Waals surface area contributed by atoms with Gasteiger partial charge in [0.1, 0.15) is 0 Å². The highest BCUT2D eigenvalue weighted by Gasteiger charge is 2.30. The average molecular weight is 218 g/mol. The maximum Gasteiger partial charge on any atom is 0.153 e. The smallest absolute Gasteiger partial charge is 0.153 e. The standard InChI is InChI=1S/C12H18N4/c1-15-9-16(10-4-7-13-8-5-10)11-3-2-6-14-12(11)15/h2-3,6,10,13H,4-5,7-9H2,1H3. The van der Waals surface area contributed by atoms with E-state index in [0.29, 0.717) is 6.04 Å². The predicted octanol–water partition coefficient (Wildman–Crippen LogP) is 1.05. The first kappa shape index (κ1) is 9.90. The van der Waals surface area contributed by atoms with Crippen LogP contribution >= 0.6 is 0 Å². The molecule has 0 unspecified atom stereocenters. The van der Waals surface area contributed by atoms with E-state index >= 15 is 0 Å². The summed E-state index contributed by atoms with van der Waals surface area (Å²) < 4.78 is 0. The quantitative estimate of drug-likeness (QED) is 0.763. The van der Waals surface area contributed by atoms with Gasteiger partial charge in [0.2, 0.25) is 0 Å². The van der Waals surface area contributed by atoms with Gasteiger partial charge in [0.25, 0.3) is 0 Å². The van der Waals surface area contributed by atoms with Gasteiger partial charge < -0.3 is 15.1 Å². The van der Waals surface area contributed by atoms with Crippen LogP contribution in [0.25, 0.3) is 0 Å². The molecule has 1 fully saturated rings. The number of rotatable bonds is 1. The second-order valence-corrected chi connectivity index (χ2v) is 4.64. The number of hydrogen-bond acceptors (Lipinski definition) is 4. The van der Waals surface area contributed by atoms with Crippen molar-refractivity contribution in [3.8, 4) is 0 Å². The normalized spacial score (nSPS) is 21.3. The Hall–Kier alpha value is -1.29. The highest BCUT2D eigenvalue weighted by atomic mass is 15.4. The fourth-order valence-electron chi connectivity index (χ4n) is 2.71. The summed E-state index contributed by atoms with van der Waals surface area (Å²) in [7, 11) is 2.12. The van der Waals surface area contributed by atoms with Crippen molar-refractivity contribution in [3.05, 3.63) is 18.3 Å². The minimum atomic E-state index is 0.675. The molecule has 0 aliphatic carbocycles. The Morgan fingerprint density at radius 2 is 2.19 bits per heavy atom. The summed E-state index contributed by atoms with van der Waals surface area (Å²) >= 11 is 0. The summed E-state index contributed by atoms with van der Waals surface area (Å²) in [4.78, 5) is 9.19. The number of fused-ring (bicyclic) bond motifs is 1. The Labute approximate surface area is 96.3 Å². The summed E-state index contributed by atoms with van der Waals surface area (Å²) in [6.07, 6.45) is 4.35.